The molecule has 0 saturated heterocycles. The second kappa shape index (κ2) is 8.21. The highest BCUT2D eigenvalue weighted by molar-refractivity contribution is 6.00. The summed E-state index contributed by atoms with van der Waals surface area (Å²) < 4.78 is 27.1. The van der Waals surface area contributed by atoms with E-state index in [1.54, 1.807) is 37.5 Å². The molecular weight excluding hydrogens is 390 g/mol. The van der Waals surface area contributed by atoms with Crippen LogP contribution < -0.4 is 9.47 Å². The maximum absolute atomic E-state index is 13.2. The van der Waals surface area contributed by atoms with Crippen molar-refractivity contribution in [2.75, 3.05) is 35.0 Å². The number of ether oxygens (including phenoxy) is 4. The summed E-state index contributed by atoms with van der Waals surface area (Å²) in [7, 11) is 6.22. The Bertz CT molecular complexity index is 1030. The first-order valence-electron chi connectivity index (χ1n) is 9.33. The van der Waals surface area contributed by atoms with Gasteiger partial charge in [-0.2, -0.15) is 5.10 Å². The molecule has 1 atom stereocenters. The highest BCUT2D eigenvalue weighted by atomic mass is 16.7. The van der Waals surface area contributed by atoms with Crippen molar-refractivity contribution in [3.8, 4) is 22.8 Å². The number of amides is 1. The molecule has 1 aliphatic rings. The van der Waals surface area contributed by atoms with Crippen LogP contribution >= 0.6 is 0 Å². The van der Waals surface area contributed by atoms with Gasteiger partial charge in [0.05, 0.1) is 32.7 Å². The Morgan fingerprint density at radius 1 is 1.13 bits per heavy atom. The Hall–Kier alpha value is -3.30. The van der Waals surface area contributed by atoms with Crippen LogP contribution in [0, 0.1) is 0 Å². The van der Waals surface area contributed by atoms with Gasteiger partial charge in [0.15, 0.2) is 17.8 Å². The number of aromatic amines is 1. The monoisotopic (exact) mass is 413 g/mol. The van der Waals surface area contributed by atoms with Crippen molar-refractivity contribution in [1.29, 1.82) is 0 Å². The van der Waals surface area contributed by atoms with E-state index in [1.165, 1.54) is 14.2 Å². The summed E-state index contributed by atoms with van der Waals surface area (Å²) in [4.78, 5) is 14.9. The van der Waals surface area contributed by atoms with Gasteiger partial charge in [-0.05, 0) is 30.3 Å². The van der Waals surface area contributed by atoms with Crippen molar-refractivity contribution in [3.05, 3.63) is 53.6 Å². The molecule has 1 amide bonds. The standard InChI is InChI=1S/C21H23N3O6/c1-26-13-8-7-12(10-15(13)27-2)18-17-19(23-22-18)21(25)24(11-16(28-3)29-4)20(17)14-6-5-9-30-14/h5-10,16,20H,11H2,1-4H3,(H,22,23). The number of methoxy groups -OCH3 is 4. The molecule has 30 heavy (non-hydrogen) atoms. The largest absolute Gasteiger partial charge is 0.493 e. The summed E-state index contributed by atoms with van der Waals surface area (Å²) in [6.45, 7) is 0.227. The fourth-order valence-electron chi connectivity index (χ4n) is 3.74. The zero-order chi connectivity index (χ0) is 21.3. The molecule has 1 aliphatic heterocycles. The van der Waals surface area contributed by atoms with Crippen molar-refractivity contribution in [3.63, 3.8) is 0 Å². The lowest BCUT2D eigenvalue weighted by Gasteiger charge is -2.27. The van der Waals surface area contributed by atoms with Crippen LogP contribution in [-0.4, -0.2) is 62.3 Å². The molecule has 9 heteroatoms. The van der Waals surface area contributed by atoms with E-state index in [-0.39, 0.29) is 12.5 Å². The van der Waals surface area contributed by atoms with E-state index in [9.17, 15) is 4.79 Å². The van der Waals surface area contributed by atoms with Gasteiger partial charge in [-0.25, -0.2) is 0 Å². The molecule has 0 radical (unpaired) electrons. The summed E-state index contributed by atoms with van der Waals surface area (Å²) in [5, 5.41) is 7.33. The number of hydrogen-bond acceptors (Lipinski definition) is 7. The lowest BCUT2D eigenvalue weighted by molar-refractivity contribution is -0.114. The lowest BCUT2D eigenvalue weighted by atomic mass is 10.00. The summed E-state index contributed by atoms with van der Waals surface area (Å²) in [6.07, 6.45) is 1.00. The minimum absolute atomic E-state index is 0.204. The number of nitrogens with one attached hydrogen (secondary N) is 1. The minimum Gasteiger partial charge on any atom is -0.493 e. The highest BCUT2D eigenvalue weighted by Gasteiger charge is 2.44. The zero-order valence-corrected chi connectivity index (χ0v) is 17.2. The molecule has 0 saturated carbocycles. The maximum atomic E-state index is 13.2. The number of H-pyrrole nitrogens is 1. The Labute approximate surface area is 173 Å². The second-order valence-electron chi connectivity index (χ2n) is 6.71. The molecule has 9 nitrogen and oxygen atoms in total. The van der Waals surface area contributed by atoms with E-state index in [0.29, 0.717) is 28.6 Å². The fourth-order valence-corrected chi connectivity index (χ4v) is 3.74. The highest BCUT2D eigenvalue weighted by Crippen LogP contribution is 2.44. The Morgan fingerprint density at radius 3 is 2.53 bits per heavy atom. The first-order chi connectivity index (χ1) is 14.6. The van der Waals surface area contributed by atoms with Crippen molar-refractivity contribution >= 4 is 5.91 Å². The van der Waals surface area contributed by atoms with Crippen LogP contribution in [0.15, 0.2) is 41.0 Å². The van der Waals surface area contributed by atoms with Gasteiger partial charge < -0.3 is 28.3 Å². The predicted octanol–water partition coefficient (Wildman–Crippen LogP) is 2.85. The Kier molecular flexibility index (Phi) is 5.47. The number of carbonyl (C=O) groups excluding carboxylic acids is 1. The van der Waals surface area contributed by atoms with Crippen LogP contribution in [0.3, 0.4) is 0 Å². The quantitative estimate of drug-likeness (QED) is 0.567. The van der Waals surface area contributed by atoms with Gasteiger partial charge in [0.2, 0.25) is 0 Å². The molecule has 0 aliphatic carbocycles. The normalized spacial score (nSPS) is 15.7. The minimum atomic E-state index is -0.576. The van der Waals surface area contributed by atoms with Gasteiger partial charge in [-0.3, -0.25) is 9.89 Å². The van der Waals surface area contributed by atoms with Crippen LogP contribution in [-0.2, 0) is 9.47 Å². The van der Waals surface area contributed by atoms with E-state index in [0.717, 1.165) is 11.1 Å². The summed E-state index contributed by atoms with van der Waals surface area (Å²) in [5.74, 6) is 1.60. The maximum Gasteiger partial charge on any atom is 0.273 e. The van der Waals surface area contributed by atoms with E-state index >= 15 is 0 Å². The Balaban J connectivity index is 1.82. The molecule has 1 unspecified atom stereocenters. The van der Waals surface area contributed by atoms with Crippen molar-refractivity contribution in [2.45, 2.75) is 12.3 Å². The third-order valence-corrected chi connectivity index (χ3v) is 5.21. The first-order valence-corrected chi connectivity index (χ1v) is 9.33. The summed E-state index contributed by atoms with van der Waals surface area (Å²) in [5.41, 5.74) is 2.56. The average Bonchev–Trinajstić information content (AvgIpc) is 3.50. The zero-order valence-electron chi connectivity index (χ0n) is 17.2. The molecule has 0 fully saturated rings. The molecule has 0 spiro atoms. The van der Waals surface area contributed by atoms with Crippen LogP contribution in [0.5, 0.6) is 11.5 Å². The molecule has 0 bridgehead atoms. The summed E-state index contributed by atoms with van der Waals surface area (Å²) >= 11 is 0. The van der Waals surface area contributed by atoms with Gasteiger partial charge in [-0.15, -0.1) is 0 Å². The van der Waals surface area contributed by atoms with Gasteiger partial charge in [0.1, 0.15) is 17.5 Å². The second-order valence-corrected chi connectivity index (χ2v) is 6.71. The first kappa shape index (κ1) is 20.0. The van der Waals surface area contributed by atoms with Crippen molar-refractivity contribution in [1.82, 2.24) is 15.1 Å². The number of furan rings is 1. The van der Waals surface area contributed by atoms with E-state index in [4.69, 9.17) is 23.4 Å². The number of hydrogen-bond donors (Lipinski definition) is 1. The third-order valence-electron chi connectivity index (χ3n) is 5.21. The van der Waals surface area contributed by atoms with Crippen molar-refractivity contribution < 1.29 is 28.2 Å². The molecule has 3 heterocycles. The van der Waals surface area contributed by atoms with E-state index < -0.39 is 12.3 Å². The Morgan fingerprint density at radius 2 is 1.90 bits per heavy atom. The topological polar surface area (TPSA) is 99.0 Å². The molecule has 3 aromatic rings. The lowest BCUT2D eigenvalue weighted by Crippen LogP contribution is -2.37. The molecule has 1 N–H and O–H groups in total. The fraction of sp³-hybridized carbons (Fsp3) is 0.333. The van der Waals surface area contributed by atoms with Crippen LogP contribution in [0.2, 0.25) is 0 Å². The summed E-state index contributed by atoms with van der Waals surface area (Å²) in [6, 6.07) is 8.65. The van der Waals surface area contributed by atoms with E-state index in [1.807, 2.05) is 18.2 Å². The van der Waals surface area contributed by atoms with Crippen LogP contribution in [0.4, 0.5) is 0 Å². The number of aromatic nitrogens is 2. The molecule has 2 aromatic heterocycles. The van der Waals surface area contributed by atoms with Gasteiger partial charge in [0.25, 0.3) is 5.91 Å². The average molecular weight is 413 g/mol. The smallest absolute Gasteiger partial charge is 0.273 e. The number of carbonyl (C=O) groups is 1. The van der Waals surface area contributed by atoms with E-state index in [2.05, 4.69) is 10.2 Å². The van der Waals surface area contributed by atoms with Gasteiger partial charge in [0, 0.05) is 25.3 Å². The number of nitrogens with zero attached hydrogens (tertiary/aromatic N) is 2. The number of rotatable bonds is 8. The van der Waals surface area contributed by atoms with Gasteiger partial charge >= 0.3 is 0 Å². The van der Waals surface area contributed by atoms with Crippen molar-refractivity contribution in [2.24, 2.45) is 0 Å². The molecule has 4 rings (SSSR count). The predicted molar refractivity (Wildman–Crippen MR) is 107 cm³/mol. The molecular formula is C21H23N3O6. The van der Waals surface area contributed by atoms with Crippen LogP contribution in [0.25, 0.3) is 11.3 Å². The van der Waals surface area contributed by atoms with Crippen LogP contribution in [0.1, 0.15) is 27.9 Å². The SMILES string of the molecule is COc1ccc(-c2n[nH]c3c2C(c2ccco2)N(CC(OC)OC)C3=O)cc1OC. The molecule has 1 aromatic carbocycles. The van der Waals surface area contributed by atoms with Gasteiger partial charge in [-0.1, -0.05) is 0 Å². The number of benzene rings is 1. The molecule has 158 valence electrons. The number of fused-ring (bicyclic) bond motifs is 1. The third kappa shape index (κ3) is 3.21.